The van der Waals surface area contributed by atoms with Gasteiger partial charge in [-0.25, -0.2) is 4.79 Å². The molecule has 0 aliphatic heterocycles. The van der Waals surface area contributed by atoms with Gasteiger partial charge in [-0.2, -0.15) is 0 Å². The normalized spacial score (nSPS) is 19.9. The van der Waals surface area contributed by atoms with Gasteiger partial charge in [-0.1, -0.05) is 30.3 Å². The number of hydrogen-bond acceptors (Lipinski definition) is 4. The number of nitrogen functional groups attached to an aromatic ring is 1. The number of esters is 1. The number of nitrogens with two attached hydrogens (primary N) is 1. The average molecular weight is 282 g/mol. The SMILES string of the molecule is COC(=O)c1ccc(NC2CC2c2ccccc2)c(N)c1. The molecule has 2 atom stereocenters. The Hall–Kier alpha value is -2.49. The molecule has 0 radical (unpaired) electrons. The largest absolute Gasteiger partial charge is 0.465 e. The van der Waals surface area contributed by atoms with Crippen LogP contribution in [0.4, 0.5) is 11.4 Å². The molecule has 0 spiro atoms. The number of hydrogen-bond donors (Lipinski definition) is 2. The van der Waals surface area contributed by atoms with Crippen LogP contribution in [0.15, 0.2) is 48.5 Å². The lowest BCUT2D eigenvalue weighted by atomic mass is 10.1. The number of ether oxygens (including phenoxy) is 1. The lowest BCUT2D eigenvalue weighted by Crippen LogP contribution is -2.08. The molecule has 1 aliphatic rings. The van der Waals surface area contributed by atoms with Crippen molar-refractivity contribution in [3.05, 3.63) is 59.7 Å². The lowest BCUT2D eigenvalue weighted by molar-refractivity contribution is 0.0601. The molecule has 4 heteroatoms. The van der Waals surface area contributed by atoms with Crippen molar-refractivity contribution in [1.82, 2.24) is 0 Å². The van der Waals surface area contributed by atoms with E-state index in [2.05, 4.69) is 34.3 Å². The third-order valence-electron chi connectivity index (χ3n) is 3.83. The van der Waals surface area contributed by atoms with E-state index in [0.717, 1.165) is 12.1 Å². The molecular weight excluding hydrogens is 264 g/mol. The zero-order valence-corrected chi connectivity index (χ0v) is 11.9. The maximum absolute atomic E-state index is 11.5. The number of carbonyl (C=O) groups is 1. The summed E-state index contributed by atoms with van der Waals surface area (Å²) >= 11 is 0. The summed E-state index contributed by atoms with van der Waals surface area (Å²) in [4.78, 5) is 11.5. The summed E-state index contributed by atoms with van der Waals surface area (Å²) in [6.07, 6.45) is 1.10. The first-order valence-electron chi connectivity index (χ1n) is 6.98. The molecule has 2 unspecified atom stereocenters. The fraction of sp³-hybridized carbons (Fsp3) is 0.235. The molecule has 3 rings (SSSR count). The minimum Gasteiger partial charge on any atom is -0.465 e. The Kier molecular flexibility index (Phi) is 3.52. The van der Waals surface area contributed by atoms with Gasteiger partial charge in [-0.15, -0.1) is 0 Å². The molecule has 0 amide bonds. The highest BCUT2D eigenvalue weighted by Crippen LogP contribution is 2.43. The standard InChI is InChI=1S/C17H18N2O2/c1-21-17(20)12-7-8-15(14(18)9-12)19-16-10-13(16)11-5-3-2-4-6-11/h2-9,13,16,19H,10,18H2,1H3. The molecule has 0 aromatic heterocycles. The number of methoxy groups -OCH3 is 1. The maximum Gasteiger partial charge on any atom is 0.337 e. The Morgan fingerprint density at radius 1 is 1.24 bits per heavy atom. The second-order valence-corrected chi connectivity index (χ2v) is 5.30. The van der Waals surface area contributed by atoms with Crippen LogP contribution in [0.3, 0.4) is 0 Å². The van der Waals surface area contributed by atoms with Gasteiger partial charge in [0.1, 0.15) is 0 Å². The van der Waals surface area contributed by atoms with E-state index in [-0.39, 0.29) is 5.97 Å². The van der Waals surface area contributed by atoms with Crippen molar-refractivity contribution in [3.63, 3.8) is 0 Å². The Morgan fingerprint density at radius 2 is 2.00 bits per heavy atom. The molecular formula is C17H18N2O2. The summed E-state index contributed by atoms with van der Waals surface area (Å²) in [6, 6.07) is 16.1. The van der Waals surface area contributed by atoms with Gasteiger partial charge < -0.3 is 15.8 Å². The molecule has 2 aromatic rings. The van der Waals surface area contributed by atoms with E-state index < -0.39 is 0 Å². The van der Waals surface area contributed by atoms with Gasteiger partial charge in [0.25, 0.3) is 0 Å². The molecule has 0 heterocycles. The van der Waals surface area contributed by atoms with Gasteiger partial charge in [0.15, 0.2) is 0 Å². The van der Waals surface area contributed by atoms with Gasteiger partial charge in [0.05, 0.1) is 24.0 Å². The molecule has 0 bridgehead atoms. The predicted octanol–water partition coefficient (Wildman–Crippen LogP) is 3.02. The summed E-state index contributed by atoms with van der Waals surface area (Å²) in [5, 5.41) is 3.44. The molecule has 1 saturated carbocycles. The average Bonchev–Trinajstić information content (AvgIpc) is 3.28. The highest BCUT2D eigenvalue weighted by atomic mass is 16.5. The van der Waals surface area contributed by atoms with Crippen LogP contribution in [0, 0.1) is 0 Å². The van der Waals surface area contributed by atoms with Gasteiger partial charge in [0.2, 0.25) is 0 Å². The van der Waals surface area contributed by atoms with Crippen LogP contribution >= 0.6 is 0 Å². The molecule has 3 N–H and O–H groups in total. The summed E-state index contributed by atoms with van der Waals surface area (Å²) in [6.45, 7) is 0. The fourth-order valence-electron chi connectivity index (χ4n) is 2.56. The zero-order chi connectivity index (χ0) is 14.8. The molecule has 0 saturated heterocycles. The highest BCUT2D eigenvalue weighted by Gasteiger charge is 2.38. The van der Waals surface area contributed by atoms with Gasteiger partial charge in [-0.05, 0) is 30.2 Å². The van der Waals surface area contributed by atoms with E-state index in [1.54, 1.807) is 12.1 Å². The number of benzene rings is 2. The second-order valence-electron chi connectivity index (χ2n) is 5.30. The number of rotatable bonds is 4. The van der Waals surface area contributed by atoms with Crippen molar-refractivity contribution in [2.75, 3.05) is 18.2 Å². The summed E-state index contributed by atoms with van der Waals surface area (Å²) in [5.41, 5.74) is 9.25. The predicted molar refractivity (Wildman–Crippen MR) is 83.4 cm³/mol. The van der Waals surface area contributed by atoms with E-state index in [9.17, 15) is 4.79 Å². The monoisotopic (exact) mass is 282 g/mol. The Bertz CT molecular complexity index is 655. The fourth-order valence-corrected chi connectivity index (χ4v) is 2.56. The molecule has 1 aliphatic carbocycles. The van der Waals surface area contributed by atoms with Crippen LogP contribution in [-0.4, -0.2) is 19.1 Å². The van der Waals surface area contributed by atoms with E-state index in [1.165, 1.54) is 12.7 Å². The van der Waals surface area contributed by atoms with Crippen molar-refractivity contribution in [1.29, 1.82) is 0 Å². The number of carbonyl (C=O) groups excluding carboxylic acids is 1. The topological polar surface area (TPSA) is 64.3 Å². The third kappa shape index (κ3) is 2.84. The zero-order valence-electron chi connectivity index (χ0n) is 11.9. The number of anilines is 2. The third-order valence-corrected chi connectivity index (χ3v) is 3.83. The highest BCUT2D eigenvalue weighted by molar-refractivity contribution is 5.91. The van der Waals surface area contributed by atoms with Crippen molar-refractivity contribution in [3.8, 4) is 0 Å². The first-order valence-corrected chi connectivity index (χ1v) is 6.98. The van der Waals surface area contributed by atoms with Gasteiger partial charge in [0, 0.05) is 12.0 Å². The smallest absolute Gasteiger partial charge is 0.337 e. The molecule has 1 fully saturated rings. The van der Waals surface area contributed by atoms with Gasteiger partial charge >= 0.3 is 5.97 Å². The van der Waals surface area contributed by atoms with E-state index in [4.69, 9.17) is 5.73 Å². The van der Waals surface area contributed by atoms with Crippen molar-refractivity contribution >= 4 is 17.3 Å². The van der Waals surface area contributed by atoms with Crippen LogP contribution in [0.25, 0.3) is 0 Å². The lowest BCUT2D eigenvalue weighted by Gasteiger charge is -2.10. The van der Waals surface area contributed by atoms with Crippen molar-refractivity contribution in [2.45, 2.75) is 18.4 Å². The molecule has 4 nitrogen and oxygen atoms in total. The number of nitrogens with one attached hydrogen (secondary N) is 1. The van der Waals surface area contributed by atoms with Crippen LogP contribution in [0.5, 0.6) is 0 Å². The molecule has 108 valence electrons. The van der Waals surface area contributed by atoms with Gasteiger partial charge in [-0.3, -0.25) is 0 Å². The quantitative estimate of drug-likeness (QED) is 0.668. The molecule has 21 heavy (non-hydrogen) atoms. The first-order chi connectivity index (χ1) is 10.2. The van der Waals surface area contributed by atoms with E-state index >= 15 is 0 Å². The second kappa shape index (κ2) is 5.48. The van der Waals surface area contributed by atoms with E-state index in [0.29, 0.717) is 23.2 Å². The van der Waals surface area contributed by atoms with Crippen LogP contribution in [-0.2, 0) is 4.74 Å². The van der Waals surface area contributed by atoms with Crippen molar-refractivity contribution in [2.24, 2.45) is 0 Å². The van der Waals surface area contributed by atoms with Crippen LogP contribution in [0.2, 0.25) is 0 Å². The first kappa shape index (κ1) is 13.5. The Morgan fingerprint density at radius 3 is 2.67 bits per heavy atom. The minimum absolute atomic E-state index is 0.373. The van der Waals surface area contributed by atoms with Crippen LogP contribution < -0.4 is 11.1 Å². The summed E-state index contributed by atoms with van der Waals surface area (Å²) in [5.74, 6) is 0.160. The van der Waals surface area contributed by atoms with Crippen molar-refractivity contribution < 1.29 is 9.53 Å². The van der Waals surface area contributed by atoms with E-state index in [1.807, 2.05) is 12.1 Å². The maximum atomic E-state index is 11.5. The van der Waals surface area contributed by atoms with Crippen LogP contribution in [0.1, 0.15) is 28.3 Å². The Balaban J connectivity index is 1.68. The summed E-state index contributed by atoms with van der Waals surface area (Å²) in [7, 11) is 1.36. The summed E-state index contributed by atoms with van der Waals surface area (Å²) < 4.78 is 4.68. The Labute approximate surface area is 123 Å². The molecule has 2 aromatic carbocycles. The minimum atomic E-state index is -0.373.